The molecule has 0 saturated carbocycles. The first kappa shape index (κ1) is 14.2. The smallest absolute Gasteiger partial charge is 0.307 e. The van der Waals surface area contributed by atoms with Crippen LogP contribution in [0.15, 0.2) is 16.7 Å². The van der Waals surface area contributed by atoms with Crippen molar-refractivity contribution < 1.29 is 21.8 Å². The molecule has 1 atom stereocenters. The topological polar surface area (TPSA) is 76.6 Å². The number of hydrogen-bond donors (Lipinski definition) is 0. The number of anilines is 1. The number of carbonyl (C=O) groups excluding carboxylic acids is 1. The number of nitrogens with zero attached hydrogens (tertiary/aromatic N) is 2. The van der Waals surface area contributed by atoms with Gasteiger partial charge < -0.3 is 9.64 Å². The number of carbonyl (C=O) groups is 1. The molecule has 0 spiro atoms. The van der Waals surface area contributed by atoms with Crippen molar-refractivity contribution in [2.24, 2.45) is 0 Å². The quantitative estimate of drug-likeness (QED) is 0.765. The summed E-state index contributed by atoms with van der Waals surface area (Å²) in [4.78, 5) is 16.9. The van der Waals surface area contributed by atoms with Crippen molar-refractivity contribution in [3.8, 4) is 5.88 Å². The molecule has 1 aliphatic heterocycles. The van der Waals surface area contributed by atoms with Gasteiger partial charge in [-0.15, -0.1) is 3.89 Å². The van der Waals surface area contributed by atoms with Crippen LogP contribution in [0.2, 0.25) is 0 Å². The minimum absolute atomic E-state index is 0.210. The van der Waals surface area contributed by atoms with Gasteiger partial charge >= 0.3 is 10.2 Å². The molecule has 0 aromatic carbocycles. The first-order chi connectivity index (χ1) is 8.82. The van der Waals surface area contributed by atoms with Gasteiger partial charge in [0.1, 0.15) is 5.25 Å². The minimum atomic E-state index is -4.72. The number of hydrogen-bond acceptors (Lipinski definition) is 5. The fraction of sp³-hybridized carbons (Fsp3) is 0.400. The van der Waals surface area contributed by atoms with E-state index in [0.29, 0.717) is 16.0 Å². The lowest BCUT2D eigenvalue weighted by Crippen LogP contribution is -2.27. The van der Waals surface area contributed by atoms with Crippen LogP contribution in [0.3, 0.4) is 0 Å². The summed E-state index contributed by atoms with van der Waals surface area (Å²) in [6.07, 6.45) is 1.01. The molecular formula is C10H10BrFN2O4S. The Balaban J connectivity index is 2.28. The predicted molar refractivity (Wildman–Crippen MR) is 69.3 cm³/mol. The first-order valence-corrected chi connectivity index (χ1v) is 7.50. The third-order valence-corrected chi connectivity index (χ3v) is 4.47. The van der Waals surface area contributed by atoms with Crippen LogP contribution in [0, 0.1) is 0 Å². The molecule has 2 rings (SSSR count). The molecule has 0 radical (unpaired) electrons. The molecule has 1 unspecified atom stereocenters. The molecule has 6 nitrogen and oxygen atoms in total. The van der Waals surface area contributed by atoms with Gasteiger partial charge in [-0.3, -0.25) is 4.79 Å². The maximum Gasteiger partial charge on any atom is 0.307 e. The lowest BCUT2D eigenvalue weighted by Gasteiger charge is -2.16. The Kier molecular flexibility index (Phi) is 3.77. The molecule has 1 amide bonds. The molecule has 9 heteroatoms. The van der Waals surface area contributed by atoms with Crippen LogP contribution in [0.5, 0.6) is 5.88 Å². The molecule has 104 valence electrons. The molecule has 2 heterocycles. The highest BCUT2D eigenvalue weighted by molar-refractivity contribution is 9.10. The summed E-state index contributed by atoms with van der Waals surface area (Å²) in [5, 5.41) is -1.32. The summed E-state index contributed by atoms with van der Waals surface area (Å²) in [6, 6.07) is 1.57. The highest BCUT2D eigenvalue weighted by Crippen LogP contribution is 2.30. The molecule has 19 heavy (non-hydrogen) atoms. The van der Waals surface area contributed by atoms with Crippen LogP contribution in [0.4, 0.5) is 9.57 Å². The van der Waals surface area contributed by atoms with E-state index in [1.165, 1.54) is 18.2 Å². The molecule has 1 aromatic rings. The van der Waals surface area contributed by atoms with Crippen LogP contribution in [0.1, 0.15) is 6.42 Å². The van der Waals surface area contributed by atoms with Gasteiger partial charge in [0.25, 0.3) is 0 Å². The van der Waals surface area contributed by atoms with Crippen molar-refractivity contribution in [3.05, 3.63) is 16.7 Å². The van der Waals surface area contributed by atoms with Crippen LogP contribution in [0.25, 0.3) is 0 Å². The Bertz CT molecular complexity index is 622. The lowest BCUT2D eigenvalue weighted by atomic mass is 10.4. The van der Waals surface area contributed by atoms with Crippen molar-refractivity contribution in [2.75, 3.05) is 18.6 Å². The van der Waals surface area contributed by atoms with Gasteiger partial charge in [-0.1, -0.05) is 0 Å². The van der Waals surface area contributed by atoms with E-state index in [9.17, 15) is 17.1 Å². The monoisotopic (exact) mass is 352 g/mol. The number of aromatic nitrogens is 1. The summed E-state index contributed by atoms with van der Waals surface area (Å²) in [6.45, 7) is -0.210. The zero-order chi connectivity index (χ0) is 14.2. The van der Waals surface area contributed by atoms with Crippen LogP contribution < -0.4 is 9.64 Å². The van der Waals surface area contributed by atoms with Crippen molar-refractivity contribution in [1.29, 1.82) is 0 Å². The minimum Gasteiger partial charge on any atom is -0.480 e. The largest absolute Gasteiger partial charge is 0.480 e. The number of methoxy groups -OCH3 is 1. The zero-order valence-corrected chi connectivity index (χ0v) is 12.2. The summed E-state index contributed by atoms with van der Waals surface area (Å²) in [7, 11) is -3.27. The standard InChI is InChI=1S/C10H10BrFN2O4S/c1-18-10-8(11)2-6(4-13-10)14-5-7(3-9(14)15)19(12,16)17/h2,4,7H,3,5H2,1H3. The lowest BCUT2D eigenvalue weighted by molar-refractivity contribution is -0.117. The Morgan fingerprint density at radius 3 is 2.74 bits per heavy atom. The number of halogens is 2. The Morgan fingerprint density at radius 2 is 2.26 bits per heavy atom. The second-order valence-electron chi connectivity index (χ2n) is 3.99. The summed E-state index contributed by atoms with van der Waals surface area (Å²) >= 11 is 3.21. The Labute approximate surface area is 117 Å². The molecule has 1 aliphatic rings. The molecule has 0 aliphatic carbocycles. The molecule has 1 fully saturated rings. The summed E-state index contributed by atoms with van der Waals surface area (Å²) in [5.74, 6) is -0.116. The van der Waals surface area contributed by atoms with E-state index < -0.39 is 21.4 Å². The third-order valence-electron chi connectivity index (χ3n) is 2.79. The van der Waals surface area contributed by atoms with Gasteiger partial charge in [0, 0.05) is 13.0 Å². The first-order valence-electron chi connectivity index (χ1n) is 5.26. The number of pyridine rings is 1. The Hall–Kier alpha value is -1.22. The van der Waals surface area contributed by atoms with E-state index in [2.05, 4.69) is 20.9 Å². The number of ether oxygens (including phenoxy) is 1. The molecule has 1 aromatic heterocycles. The van der Waals surface area contributed by atoms with Crippen LogP contribution in [-0.2, 0) is 15.0 Å². The van der Waals surface area contributed by atoms with E-state index in [4.69, 9.17) is 4.74 Å². The van der Waals surface area contributed by atoms with Crippen LogP contribution >= 0.6 is 15.9 Å². The van der Waals surface area contributed by atoms with Crippen LogP contribution in [-0.4, -0.2) is 38.2 Å². The molecule has 1 saturated heterocycles. The van der Waals surface area contributed by atoms with Gasteiger partial charge in [0.05, 0.1) is 23.5 Å². The highest BCUT2D eigenvalue weighted by Gasteiger charge is 2.39. The van der Waals surface area contributed by atoms with Crippen molar-refractivity contribution in [1.82, 2.24) is 4.98 Å². The normalized spacial score (nSPS) is 19.8. The average Bonchev–Trinajstić information content (AvgIpc) is 2.71. The van der Waals surface area contributed by atoms with E-state index in [1.807, 2.05) is 0 Å². The van der Waals surface area contributed by atoms with E-state index in [0.717, 1.165) is 0 Å². The SMILES string of the molecule is COc1ncc(N2CC(S(=O)(=O)F)CC2=O)cc1Br. The van der Waals surface area contributed by atoms with E-state index in [-0.39, 0.29) is 13.0 Å². The van der Waals surface area contributed by atoms with Gasteiger partial charge in [-0.25, -0.2) is 4.98 Å². The maximum absolute atomic E-state index is 12.9. The van der Waals surface area contributed by atoms with Gasteiger partial charge in [0.15, 0.2) is 0 Å². The van der Waals surface area contributed by atoms with Crippen molar-refractivity contribution in [3.63, 3.8) is 0 Å². The molecular weight excluding hydrogens is 343 g/mol. The van der Waals surface area contributed by atoms with Crippen molar-refractivity contribution >= 4 is 37.7 Å². The summed E-state index contributed by atoms with van der Waals surface area (Å²) < 4.78 is 40.0. The maximum atomic E-state index is 12.9. The van der Waals surface area contributed by atoms with Gasteiger partial charge in [-0.05, 0) is 22.0 Å². The Morgan fingerprint density at radius 1 is 1.58 bits per heavy atom. The number of amides is 1. The number of rotatable bonds is 3. The van der Waals surface area contributed by atoms with Crippen molar-refractivity contribution in [2.45, 2.75) is 11.7 Å². The second-order valence-corrected chi connectivity index (χ2v) is 6.46. The predicted octanol–water partition coefficient (Wildman–Crippen LogP) is 1.26. The zero-order valence-electron chi connectivity index (χ0n) is 9.84. The summed E-state index contributed by atoms with van der Waals surface area (Å²) in [5.41, 5.74) is 0.392. The second kappa shape index (κ2) is 5.04. The fourth-order valence-electron chi connectivity index (χ4n) is 1.83. The van der Waals surface area contributed by atoms with E-state index >= 15 is 0 Å². The van der Waals surface area contributed by atoms with Gasteiger partial charge in [0.2, 0.25) is 11.8 Å². The van der Waals surface area contributed by atoms with E-state index in [1.54, 1.807) is 6.07 Å². The third kappa shape index (κ3) is 2.86. The highest BCUT2D eigenvalue weighted by atomic mass is 79.9. The molecule has 0 bridgehead atoms. The van der Waals surface area contributed by atoms with Gasteiger partial charge in [-0.2, -0.15) is 8.42 Å². The average molecular weight is 353 g/mol. The molecule has 0 N–H and O–H groups in total. The fourth-order valence-corrected chi connectivity index (χ4v) is 2.99.